The van der Waals surface area contributed by atoms with Gasteiger partial charge in [-0.3, -0.25) is 0 Å². The zero-order valence-corrected chi connectivity index (χ0v) is 10.1. The van der Waals surface area contributed by atoms with E-state index >= 15 is 0 Å². The van der Waals surface area contributed by atoms with E-state index in [2.05, 4.69) is 11.9 Å². The minimum atomic E-state index is -0.977. The lowest BCUT2D eigenvalue weighted by Crippen LogP contribution is -2.02. The smallest absolute Gasteiger partial charge is 0.337 e. The van der Waals surface area contributed by atoms with Crippen molar-refractivity contribution in [1.82, 2.24) is 0 Å². The Labute approximate surface area is 101 Å². The molecule has 17 heavy (non-hydrogen) atoms. The summed E-state index contributed by atoms with van der Waals surface area (Å²) in [6, 6.07) is 6.65. The highest BCUT2D eigenvalue weighted by Crippen LogP contribution is 2.19. The molecule has 4 nitrogen and oxygen atoms in total. The lowest BCUT2D eigenvalue weighted by atomic mass is 10.2. The Hall–Kier alpha value is -1.84. The molecule has 1 aromatic rings. The summed E-state index contributed by atoms with van der Waals surface area (Å²) < 4.78 is 5.15. The van der Waals surface area contributed by atoms with Gasteiger partial charge in [0.1, 0.15) is 0 Å². The minimum Gasteiger partial charge on any atom is -0.484 e. The van der Waals surface area contributed by atoms with E-state index in [1.54, 1.807) is 25.3 Å². The molecule has 1 aromatic carbocycles. The van der Waals surface area contributed by atoms with Gasteiger partial charge >= 0.3 is 5.97 Å². The molecule has 0 bridgehead atoms. The van der Waals surface area contributed by atoms with Gasteiger partial charge in [0.25, 0.3) is 0 Å². The summed E-state index contributed by atoms with van der Waals surface area (Å²) >= 11 is 0. The molecule has 0 amide bonds. The SMILES string of the molecule is CCCC/C(=N/c1ccccc1C(=O)O)OC. The highest BCUT2D eigenvalue weighted by atomic mass is 16.5. The van der Waals surface area contributed by atoms with E-state index in [1.165, 1.54) is 6.07 Å². The first-order chi connectivity index (χ1) is 8.19. The number of para-hydroxylation sites is 1. The Morgan fingerprint density at radius 3 is 2.71 bits per heavy atom. The van der Waals surface area contributed by atoms with Crippen LogP contribution < -0.4 is 0 Å². The van der Waals surface area contributed by atoms with Gasteiger partial charge in [0.2, 0.25) is 0 Å². The lowest BCUT2D eigenvalue weighted by molar-refractivity contribution is 0.0698. The fraction of sp³-hybridized carbons (Fsp3) is 0.385. The number of carboxylic acids is 1. The number of rotatable bonds is 5. The quantitative estimate of drug-likeness (QED) is 0.629. The minimum absolute atomic E-state index is 0.193. The largest absolute Gasteiger partial charge is 0.484 e. The van der Waals surface area contributed by atoms with Gasteiger partial charge in [0.05, 0.1) is 18.4 Å². The lowest BCUT2D eigenvalue weighted by Gasteiger charge is -2.05. The van der Waals surface area contributed by atoms with Crippen molar-refractivity contribution in [2.45, 2.75) is 26.2 Å². The maximum absolute atomic E-state index is 11.0. The molecule has 0 saturated carbocycles. The van der Waals surface area contributed by atoms with Gasteiger partial charge in [-0.1, -0.05) is 25.5 Å². The number of hydrogen-bond donors (Lipinski definition) is 1. The van der Waals surface area contributed by atoms with Crippen LogP contribution in [0.15, 0.2) is 29.3 Å². The summed E-state index contributed by atoms with van der Waals surface area (Å²) in [4.78, 5) is 15.2. The highest BCUT2D eigenvalue weighted by molar-refractivity contribution is 5.94. The molecule has 0 spiro atoms. The second-order valence-corrected chi connectivity index (χ2v) is 3.64. The van der Waals surface area contributed by atoms with Crippen molar-refractivity contribution >= 4 is 17.6 Å². The van der Waals surface area contributed by atoms with Crippen molar-refractivity contribution in [3.05, 3.63) is 29.8 Å². The van der Waals surface area contributed by atoms with E-state index in [1.807, 2.05) is 0 Å². The molecule has 1 rings (SSSR count). The molecule has 0 radical (unpaired) electrons. The van der Waals surface area contributed by atoms with Gasteiger partial charge in [-0.05, 0) is 18.6 Å². The third kappa shape index (κ3) is 3.90. The average molecular weight is 235 g/mol. The number of methoxy groups -OCH3 is 1. The zero-order valence-electron chi connectivity index (χ0n) is 10.1. The molecule has 92 valence electrons. The van der Waals surface area contributed by atoms with E-state index in [4.69, 9.17) is 9.84 Å². The van der Waals surface area contributed by atoms with Crippen LogP contribution in [0.4, 0.5) is 5.69 Å². The molecule has 4 heteroatoms. The van der Waals surface area contributed by atoms with Crippen LogP contribution in [-0.4, -0.2) is 24.1 Å². The first-order valence-corrected chi connectivity index (χ1v) is 5.63. The van der Waals surface area contributed by atoms with Crippen LogP contribution in [0.25, 0.3) is 0 Å². The summed E-state index contributed by atoms with van der Waals surface area (Å²) in [5.41, 5.74) is 0.631. The Bertz CT molecular complexity index is 413. The molecule has 1 N–H and O–H groups in total. The maximum atomic E-state index is 11.0. The average Bonchev–Trinajstić information content (AvgIpc) is 2.34. The van der Waals surface area contributed by atoms with Crippen LogP contribution in [0.1, 0.15) is 36.5 Å². The van der Waals surface area contributed by atoms with Gasteiger partial charge < -0.3 is 9.84 Å². The predicted molar refractivity (Wildman–Crippen MR) is 67.0 cm³/mol. The summed E-state index contributed by atoms with van der Waals surface area (Å²) in [6.07, 6.45) is 2.74. The number of nitrogens with zero attached hydrogens (tertiary/aromatic N) is 1. The number of unbranched alkanes of at least 4 members (excludes halogenated alkanes) is 1. The monoisotopic (exact) mass is 235 g/mol. The van der Waals surface area contributed by atoms with Crippen molar-refractivity contribution in [3.63, 3.8) is 0 Å². The molecule has 0 fully saturated rings. The number of aliphatic imine (C=N–C) groups is 1. The number of carboxylic acid groups (broad SMARTS) is 1. The van der Waals surface area contributed by atoms with Gasteiger partial charge in [0, 0.05) is 6.42 Å². The van der Waals surface area contributed by atoms with Gasteiger partial charge in [-0.25, -0.2) is 9.79 Å². The number of benzene rings is 1. The second kappa shape index (κ2) is 6.68. The molecule has 0 unspecified atom stereocenters. The molecule has 0 aliphatic rings. The standard InChI is InChI=1S/C13H17NO3/c1-3-4-9-12(17-2)14-11-8-6-5-7-10(11)13(15)16/h5-8H,3-4,9H2,1-2H3,(H,15,16)/b14-12-. The maximum Gasteiger partial charge on any atom is 0.337 e. The second-order valence-electron chi connectivity index (χ2n) is 3.64. The Kier molecular flexibility index (Phi) is 5.20. The summed E-state index contributed by atoms with van der Waals surface area (Å²) in [7, 11) is 1.55. The molecule has 0 heterocycles. The van der Waals surface area contributed by atoms with Gasteiger partial charge in [-0.2, -0.15) is 0 Å². The normalized spacial score (nSPS) is 11.3. The van der Waals surface area contributed by atoms with Crippen LogP contribution in [0.2, 0.25) is 0 Å². The molecule has 0 atom stereocenters. The Balaban J connectivity index is 2.98. The third-order valence-electron chi connectivity index (χ3n) is 2.36. The fourth-order valence-electron chi connectivity index (χ4n) is 1.42. The van der Waals surface area contributed by atoms with E-state index in [9.17, 15) is 4.79 Å². The summed E-state index contributed by atoms with van der Waals surface area (Å²) in [5, 5.41) is 9.02. The topological polar surface area (TPSA) is 58.9 Å². The first-order valence-electron chi connectivity index (χ1n) is 5.63. The zero-order chi connectivity index (χ0) is 12.7. The van der Waals surface area contributed by atoms with E-state index < -0.39 is 5.97 Å². The number of aromatic carboxylic acids is 1. The van der Waals surface area contributed by atoms with Crippen LogP contribution in [0, 0.1) is 0 Å². The fourth-order valence-corrected chi connectivity index (χ4v) is 1.42. The van der Waals surface area contributed by atoms with Crippen LogP contribution in [-0.2, 0) is 4.74 Å². The van der Waals surface area contributed by atoms with Crippen LogP contribution in [0.5, 0.6) is 0 Å². The van der Waals surface area contributed by atoms with E-state index in [0.29, 0.717) is 11.6 Å². The molecular weight excluding hydrogens is 218 g/mol. The first kappa shape index (κ1) is 13.2. The van der Waals surface area contributed by atoms with Crippen molar-refractivity contribution in [3.8, 4) is 0 Å². The third-order valence-corrected chi connectivity index (χ3v) is 2.36. The predicted octanol–water partition coefficient (Wildman–Crippen LogP) is 3.25. The van der Waals surface area contributed by atoms with E-state index in [-0.39, 0.29) is 5.56 Å². The van der Waals surface area contributed by atoms with Crippen LogP contribution in [0.3, 0.4) is 0 Å². The molecule has 0 saturated heterocycles. The highest BCUT2D eigenvalue weighted by Gasteiger charge is 2.09. The van der Waals surface area contributed by atoms with E-state index in [0.717, 1.165) is 19.3 Å². The van der Waals surface area contributed by atoms with Gasteiger partial charge in [0.15, 0.2) is 5.90 Å². The molecule has 0 aliphatic carbocycles. The summed E-state index contributed by atoms with van der Waals surface area (Å²) in [5.74, 6) is -0.407. The van der Waals surface area contributed by atoms with Crippen molar-refractivity contribution < 1.29 is 14.6 Å². The van der Waals surface area contributed by atoms with Crippen molar-refractivity contribution in [2.24, 2.45) is 4.99 Å². The van der Waals surface area contributed by atoms with Crippen molar-refractivity contribution in [1.29, 1.82) is 0 Å². The van der Waals surface area contributed by atoms with Crippen LogP contribution >= 0.6 is 0 Å². The number of carbonyl (C=O) groups is 1. The van der Waals surface area contributed by atoms with Gasteiger partial charge in [-0.15, -0.1) is 0 Å². The number of hydrogen-bond acceptors (Lipinski definition) is 3. The van der Waals surface area contributed by atoms with Crippen molar-refractivity contribution in [2.75, 3.05) is 7.11 Å². The Morgan fingerprint density at radius 1 is 1.41 bits per heavy atom. The Morgan fingerprint density at radius 2 is 2.12 bits per heavy atom. The molecule has 0 aromatic heterocycles. The summed E-state index contributed by atoms with van der Waals surface area (Å²) in [6.45, 7) is 2.08. The molecular formula is C13H17NO3. The number of ether oxygens (including phenoxy) is 1. The molecule has 0 aliphatic heterocycles.